The Morgan fingerprint density at radius 1 is 0.733 bits per heavy atom. The van der Waals surface area contributed by atoms with Gasteiger partial charge in [0.15, 0.2) is 0 Å². The lowest BCUT2D eigenvalue weighted by atomic mass is 9.84. The van der Waals surface area contributed by atoms with Gasteiger partial charge in [-0.2, -0.15) is 26.3 Å². The minimum absolute atomic E-state index is 0.00702. The van der Waals surface area contributed by atoms with Crippen LogP contribution in [0.15, 0.2) is 42.5 Å². The van der Waals surface area contributed by atoms with Crippen LogP contribution in [0.4, 0.5) is 42.5 Å². The van der Waals surface area contributed by atoms with Crippen LogP contribution in [0.1, 0.15) is 54.7 Å². The van der Waals surface area contributed by atoms with E-state index < -0.39 is 35.2 Å². The number of anilines is 2. The molecule has 0 bridgehead atoms. The predicted octanol–water partition coefficient (Wildman–Crippen LogP) is 7.42. The van der Waals surface area contributed by atoms with Crippen LogP contribution in [-0.2, 0) is 12.4 Å². The van der Waals surface area contributed by atoms with Crippen molar-refractivity contribution in [2.75, 3.05) is 10.6 Å². The molecule has 1 fully saturated rings. The van der Waals surface area contributed by atoms with Gasteiger partial charge in [0.2, 0.25) is 0 Å². The van der Waals surface area contributed by atoms with Gasteiger partial charge in [-0.15, -0.1) is 0 Å². The minimum atomic E-state index is -4.98. The molecule has 0 atom stereocenters. The number of hydrogen-bond donors (Lipinski definition) is 2. The molecule has 0 unspecified atom stereocenters. The first-order chi connectivity index (χ1) is 14.0. The molecule has 1 aliphatic rings. The van der Waals surface area contributed by atoms with Gasteiger partial charge < -0.3 is 10.6 Å². The molecule has 30 heavy (non-hydrogen) atoms. The van der Waals surface area contributed by atoms with E-state index >= 15 is 0 Å². The van der Waals surface area contributed by atoms with E-state index in [2.05, 4.69) is 5.32 Å². The van der Waals surface area contributed by atoms with Crippen molar-refractivity contribution in [3.05, 3.63) is 59.2 Å². The normalized spacial score (nSPS) is 15.7. The van der Waals surface area contributed by atoms with Gasteiger partial charge >= 0.3 is 18.4 Å². The topological polar surface area (TPSA) is 41.1 Å². The zero-order chi connectivity index (χ0) is 21.9. The van der Waals surface area contributed by atoms with Crippen molar-refractivity contribution in [1.29, 1.82) is 0 Å². The van der Waals surface area contributed by atoms with Crippen LogP contribution in [0.2, 0.25) is 0 Å². The van der Waals surface area contributed by atoms with Crippen LogP contribution in [0, 0.1) is 0 Å². The quantitative estimate of drug-likeness (QED) is 0.489. The second-order valence-electron chi connectivity index (χ2n) is 7.33. The Kier molecular flexibility index (Phi) is 6.28. The van der Waals surface area contributed by atoms with E-state index in [0.29, 0.717) is 23.7 Å². The lowest BCUT2D eigenvalue weighted by Gasteiger charge is -2.22. The lowest BCUT2D eigenvalue weighted by molar-refractivity contribution is -0.143. The molecule has 2 N–H and O–H groups in total. The van der Waals surface area contributed by atoms with E-state index in [1.165, 1.54) is 19.3 Å². The van der Waals surface area contributed by atoms with Crippen molar-refractivity contribution in [3.63, 3.8) is 0 Å². The highest BCUT2D eigenvalue weighted by atomic mass is 19.4. The second kappa shape index (κ2) is 8.57. The van der Waals surface area contributed by atoms with E-state index in [-0.39, 0.29) is 6.07 Å². The van der Waals surface area contributed by atoms with Gasteiger partial charge in [0.25, 0.3) is 0 Å². The summed E-state index contributed by atoms with van der Waals surface area (Å²) >= 11 is 0. The van der Waals surface area contributed by atoms with E-state index in [1.54, 1.807) is 12.1 Å². The smallest absolute Gasteiger partial charge is 0.308 e. The fourth-order valence-electron chi connectivity index (χ4n) is 3.60. The standard InChI is InChI=1S/C21H20F6N2O/c22-20(23,24)15-10-16(21(25,26)27)12-18(11-15)29-19(30)28-17-8-6-14(7-9-17)13-4-2-1-3-5-13/h6-13H,1-5H2,(H2,28,29,30). The highest BCUT2D eigenvalue weighted by Gasteiger charge is 2.37. The highest BCUT2D eigenvalue weighted by Crippen LogP contribution is 2.37. The maximum Gasteiger partial charge on any atom is 0.416 e. The largest absolute Gasteiger partial charge is 0.416 e. The van der Waals surface area contributed by atoms with Crippen molar-refractivity contribution in [3.8, 4) is 0 Å². The van der Waals surface area contributed by atoms with Crippen molar-refractivity contribution in [2.45, 2.75) is 50.4 Å². The fraction of sp³-hybridized carbons (Fsp3) is 0.381. The first-order valence-electron chi connectivity index (χ1n) is 9.50. The fourth-order valence-corrected chi connectivity index (χ4v) is 3.60. The van der Waals surface area contributed by atoms with Gasteiger partial charge in [-0.05, 0) is 54.7 Å². The molecule has 9 heteroatoms. The van der Waals surface area contributed by atoms with Gasteiger partial charge in [0.1, 0.15) is 0 Å². The van der Waals surface area contributed by atoms with E-state index in [4.69, 9.17) is 0 Å². The second-order valence-corrected chi connectivity index (χ2v) is 7.33. The zero-order valence-electron chi connectivity index (χ0n) is 15.8. The summed E-state index contributed by atoms with van der Waals surface area (Å²) < 4.78 is 77.5. The van der Waals surface area contributed by atoms with Gasteiger partial charge in [0, 0.05) is 11.4 Å². The summed E-state index contributed by atoms with van der Waals surface area (Å²) in [5.74, 6) is 0.465. The minimum Gasteiger partial charge on any atom is -0.308 e. The molecule has 2 aromatic rings. The number of carbonyl (C=O) groups excluding carboxylic acids is 1. The molecular formula is C21H20F6N2O. The number of alkyl halides is 6. The molecule has 0 spiro atoms. The molecule has 0 aliphatic heterocycles. The van der Waals surface area contributed by atoms with Gasteiger partial charge in [-0.3, -0.25) is 0 Å². The summed E-state index contributed by atoms with van der Waals surface area (Å²) in [6.07, 6.45) is -4.20. The molecule has 1 aliphatic carbocycles. The van der Waals surface area contributed by atoms with E-state index in [1.807, 2.05) is 17.4 Å². The number of rotatable bonds is 3. The predicted molar refractivity (Wildman–Crippen MR) is 101 cm³/mol. The number of carbonyl (C=O) groups is 1. The first kappa shape index (κ1) is 22.0. The maximum atomic E-state index is 12.9. The SMILES string of the molecule is O=C(Nc1ccc(C2CCCCC2)cc1)Nc1cc(C(F)(F)F)cc(C(F)(F)F)c1. The Labute approximate surface area is 169 Å². The van der Waals surface area contributed by atoms with Crippen molar-refractivity contribution >= 4 is 17.4 Å². The van der Waals surface area contributed by atoms with Crippen molar-refractivity contribution in [2.24, 2.45) is 0 Å². The molecule has 3 rings (SSSR count). The number of halogens is 6. The molecule has 1 saturated carbocycles. The Hall–Kier alpha value is -2.71. The molecule has 3 nitrogen and oxygen atoms in total. The summed E-state index contributed by atoms with van der Waals surface area (Å²) in [5, 5.41) is 4.47. The van der Waals surface area contributed by atoms with Crippen molar-refractivity contribution < 1.29 is 31.1 Å². The summed E-state index contributed by atoms with van der Waals surface area (Å²) in [6.45, 7) is 0. The van der Waals surface area contributed by atoms with Gasteiger partial charge in [0.05, 0.1) is 11.1 Å². The average molecular weight is 430 g/mol. The number of urea groups is 1. The molecule has 0 aromatic heterocycles. The molecule has 2 amide bonds. The van der Waals surface area contributed by atoms with Crippen LogP contribution < -0.4 is 10.6 Å². The molecule has 162 valence electrons. The Morgan fingerprint density at radius 3 is 1.73 bits per heavy atom. The van der Waals surface area contributed by atoms with E-state index in [9.17, 15) is 31.1 Å². The summed E-state index contributed by atoms with van der Waals surface area (Å²) in [4.78, 5) is 12.1. The third-order valence-corrected chi connectivity index (χ3v) is 5.09. The van der Waals surface area contributed by atoms with Crippen LogP contribution in [0.25, 0.3) is 0 Å². The molecule has 0 radical (unpaired) electrons. The number of hydrogen-bond acceptors (Lipinski definition) is 1. The third kappa shape index (κ3) is 5.67. The van der Waals surface area contributed by atoms with Gasteiger partial charge in [-0.25, -0.2) is 4.79 Å². The Morgan fingerprint density at radius 2 is 1.23 bits per heavy atom. The Bertz CT molecular complexity index is 852. The highest BCUT2D eigenvalue weighted by molar-refractivity contribution is 5.99. The van der Waals surface area contributed by atoms with Crippen LogP contribution >= 0.6 is 0 Å². The third-order valence-electron chi connectivity index (χ3n) is 5.09. The molecular weight excluding hydrogens is 410 g/mol. The van der Waals surface area contributed by atoms with Crippen molar-refractivity contribution in [1.82, 2.24) is 0 Å². The summed E-state index contributed by atoms with van der Waals surface area (Å²) in [5.41, 5.74) is -2.06. The van der Waals surface area contributed by atoms with E-state index in [0.717, 1.165) is 18.4 Å². The van der Waals surface area contributed by atoms with Gasteiger partial charge in [-0.1, -0.05) is 31.4 Å². The Balaban J connectivity index is 1.71. The lowest BCUT2D eigenvalue weighted by Crippen LogP contribution is -2.20. The van der Waals surface area contributed by atoms with Crippen LogP contribution in [0.5, 0.6) is 0 Å². The number of benzene rings is 2. The van der Waals surface area contributed by atoms with Crippen LogP contribution in [0.3, 0.4) is 0 Å². The molecule has 0 saturated heterocycles. The monoisotopic (exact) mass is 430 g/mol. The van der Waals surface area contributed by atoms with Crippen LogP contribution in [-0.4, -0.2) is 6.03 Å². The maximum absolute atomic E-state index is 12.9. The zero-order valence-corrected chi connectivity index (χ0v) is 15.8. The summed E-state index contributed by atoms with van der Waals surface area (Å²) in [6, 6.07) is 7.06. The average Bonchev–Trinajstić information content (AvgIpc) is 2.67. The number of nitrogens with one attached hydrogen (secondary N) is 2. The molecule has 0 heterocycles. The molecule has 2 aromatic carbocycles. The number of amides is 2. The first-order valence-corrected chi connectivity index (χ1v) is 9.50. The summed E-state index contributed by atoms with van der Waals surface area (Å²) in [7, 11) is 0.